The first-order valence-corrected chi connectivity index (χ1v) is 12.7. The van der Waals surface area contributed by atoms with Crippen LogP contribution in [0.5, 0.6) is 23.0 Å². The van der Waals surface area contributed by atoms with Crippen molar-refractivity contribution < 1.29 is 28.5 Å². The minimum absolute atomic E-state index is 0.172. The predicted octanol–water partition coefficient (Wildman–Crippen LogP) is 6.58. The molecule has 0 unspecified atom stereocenters. The van der Waals surface area contributed by atoms with Crippen LogP contribution < -0.4 is 18.9 Å². The molecule has 0 amide bonds. The molecule has 2 aromatic rings. The highest BCUT2D eigenvalue weighted by Gasteiger charge is 2.25. The number of benzene rings is 2. The zero-order chi connectivity index (χ0) is 25.8. The van der Waals surface area contributed by atoms with E-state index >= 15 is 0 Å². The van der Waals surface area contributed by atoms with E-state index in [1.54, 1.807) is 39.5 Å². The van der Waals surface area contributed by atoms with Gasteiger partial charge in [-0.1, -0.05) is 51.9 Å². The van der Waals surface area contributed by atoms with Gasteiger partial charge in [0.25, 0.3) is 0 Å². The summed E-state index contributed by atoms with van der Waals surface area (Å²) in [7, 11) is 4.64. The maximum Gasteiger partial charge on any atom is 0.363 e. The van der Waals surface area contributed by atoms with Crippen molar-refractivity contribution in [1.29, 1.82) is 0 Å². The van der Waals surface area contributed by atoms with Gasteiger partial charge in [-0.25, -0.2) is 9.79 Å². The monoisotopic (exact) mass is 495 g/mol. The van der Waals surface area contributed by atoms with Gasteiger partial charge in [0, 0.05) is 17.2 Å². The Bertz CT molecular complexity index is 1060. The van der Waals surface area contributed by atoms with E-state index in [1.165, 1.54) is 44.9 Å². The van der Waals surface area contributed by atoms with Crippen molar-refractivity contribution in [3.63, 3.8) is 0 Å². The molecule has 7 heteroatoms. The average molecular weight is 496 g/mol. The molecule has 7 nitrogen and oxygen atoms in total. The predicted molar refractivity (Wildman–Crippen MR) is 141 cm³/mol. The molecule has 0 spiro atoms. The summed E-state index contributed by atoms with van der Waals surface area (Å²) in [6, 6.07) is 10.8. The minimum atomic E-state index is -0.531. The molecular weight excluding hydrogens is 458 g/mol. The molecule has 1 aliphatic heterocycles. The average Bonchev–Trinajstić information content (AvgIpc) is 3.27. The second-order valence-corrected chi connectivity index (χ2v) is 8.63. The third-order valence-corrected chi connectivity index (χ3v) is 6.02. The lowest BCUT2D eigenvalue weighted by Crippen LogP contribution is -2.05. The Balaban J connectivity index is 1.58. The molecule has 0 fully saturated rings. The molecule has 0 radical (unpaired) electrons. The lowest BCUT2D eigenvalue weighted by molar-refractivity contribution is -0.129. The van der Waals surface area contributed by atoms with Crippen LogP contribution in [-0.2, 0) is 9.53 Å². The SMILES string of the molecule is CCCCCCCCCCOc1ccc(C2=N/C(=C\c3cc(OC)c(OC)cc3OC)C(=O)O2)cc1. The van der Waals surface area contributed by atoms with Crippen LogP contribution in [0, 0.1) is 0 Å². The summed E-state index contributed by atoms with van der Waals surface area (Å²) in [6.45, 7) is 2.94. The van der Waals surface area contributed by atoms with Gasteiger partial charge in [-0.15, -0.1) is 0 Å². The second kappa shape index (κ2) is 14.2. The molecule has 3 rings (SSSR count). The zero-order valence-corrected chi connectivity index (χ0v) is 21.8. The van der Waals surface area contributed by atoms with E-state index in [0.29, 0.717) is 35.0 Å². The topological polar surface area (TPSA) is 75.6 Å². The van der Waals surface area contributed by atoms with Gasteiger partial charge in [0.05, 0.1) is 27.9 Å². The van der Waals surface area contributed by atoms with E-state index in [1.807, 2.05) is 24.3 Å². The molecule has 0 N–H and O–H groups in total. The van der Waals surface area contributed by atoms with Gasteiger partial charge < -0.3 is 23.7 Å². The van der Waals surface area contributed by atoms with Crippen LogP contribution in [0.15, 0.2) is 47.1 Å². The van der Waals surface area contributed by atoms with Gasteiger partial charge in [-0.05, 0) is 42.8 Å². The highest BCUT2D eigenvalue weighted by Crippen LogP contribution is 2.36. The Labute approximate surface area is 214 Å². The van der Waals surface area contributed by atoms with Crippen molar-refractivity contribution in [2.24, 2.45) is 4.99 Å². The molecule has 0 saturated heterocycles. The van der Waals surface area contributed by atoms with Crippen LogP contribution in [0.3, 0.4) is 0 Å². The van der Waals surface area contributed by atoms with Gasteiger partial charge in [-0.2, -0.15) is 0 Å². The number of unbranched alkanes of at least 4 members (excludes halogenated alkanes) is 7. The summed E-state index contributed by atoms with van der Waals surface area (Å²) < 4.78 is 27.4. The number of hydrogen-bond donors (Lipinski definition) is 0. The highest BCUT2D eigenvalue weighted by atomic mass is 16.6. The van der Waals surface area contributed by atoms with Crippen LogP contribution in [-0.4, -0.2) is 39.8 Å². The van der Waals surface area contributed by atoms with Crippen LogP contribution in [0.1, 0.15) is 69.4 Å². The van der Waals surface area contributed by atoms with E-state index < -0.39 is 5.97 Å². The highest BCUT2D eigenvalue weighted by molar-refractivity contribution is 6.13. The summed E-state index contributed by atoms with van der Waals surface area (Å²) in [5.74, 6) is 2.08. The number of rotatable bonds is 15. The molecule has 0 saturated carbocycles. The quantitative estimate of drug-likeness (QED) is 0.158. The van der Waals surface area contributed by atoms with E-state index in [-0.39, 0.29) is 11.6 Å². The summed E-state index contributed by atoms with van der Waals surface area (Å²) in [4.78, 5) is 16.9. The third-order valence-electron chi connectivity index (χ3n) is 6.02. The van der Waals surface area contributed by atoms with Gasteiger partial charge >= 0.3 is 5.97 Å². The van der Waals surface area contributed by atoms with E-state index in [2.05, 4.69) is 11.9 Å². The first-order chi connectivity index (χ1) is 17.6. The summed E-state index contributed by atoms with van der Waals surface area (Å²) in [5, 5.41) is 0. The van der Waals surface area contributed by atoms with Crippen LogP contribution in [0.2, 0.25) is 0 Å². The second-order valence-electron chi connectivity index (χ2n) is 8.63. The Morgan fingerprint density at radius 2 is 1.42 bits per heavy atom. The van der Waals surface area contributed by atoms with E-state index in [9.17, 15) is 4.79 Å². The lowest BCUT2D eigenvalue weighted by atomic mass is 10.1. The summed E-state index contributed by atoms with van der Waals surface area (Å²) in [5.41, 5.74) is 1.49. The molecule has 1 aliphatic rings. The van der Waals surface area contributed by atoms with Crippen molar-refractivity contribution in [2.75, 3.05) is 27.9 Å². The molecular formula is C29H37NO6. The Kier molecular flexibility index (Phi) is 10.7. The number of esters is 1. The fourth-order valence-electron chi connectivity index (χ4n) is 3.97. The third kappa shape index (κ3) is 7.51. The number of methoxy groups -OCH3 is 3. The van der Waals surface area contributed by atoms with Gasteiger partial charge in [0.1, 0.15) is 11.5 Å². The molecule has 36 heavy (non-hydrogen) atoms. The number of hydrogen-bond acceptors (Lipinski definition) is 7. The molecule has 0 aromatic heterocycles. The van der Waals surface area contributed by atoms with Crippen LogP contribution in [0.4, 0.5) is 0 Å². The van der Waals surface area contributed by atoms with Crippen molar-refractivity contribution in [1.82, 2.24) is 0 Å². The first kappa shape index (κ1) is 27.1. The number of ether oxygens (including phenoxy) is 5. The number of aliphatic imine (C=N–C) groups is 1. The number of carbonyl (C=O) groups excluding carboxylic acids is 1. The van der Waals surface area contributed by atoms with Crippen LogP contribution >= 0.6 is 0 Å². The van der Waals surface area contributed by atoms with Crippen LogP contribution in [0.25, 0.3) is 6.08 Å². The number of nitrogens with zero attached hydrogens (tertiary/aromatic N) is 1. The molecule has 0 bridgehead atoms. The fraction of sp³-hybridized carbons (Fsp3) is 0.448. The maximum absolute atomic E-state index is 12.5. The number of cyclic esters (lactones) is 1. The fourth-order valence-corrected chi connectivity index (χ4v) is 3.97. The van der Waals surface area contributed by atoms with E-state index in [0.717, 1.165) is 12.2 Å². The molecule has 0 aliphatic carbocycles. The molecule has 1 heterocycles. The number of carbonyl (C=O) groups is 1. The minimum Gasteiger partial charge on any atom is -0.496 e. The smallest absolute Gasteiger partial charge is 0.363 e. The standard InChI is InChI=1S/C29H37NO6/c1-5-6-7-8-9-10-11-12-17-35-23-15-13-21(14-16-23)28-30-24(29(31)36-28)18-22-19-26(33-3)27(34-4)20-25(22)32-2/h13-16,18-20H,5-12,17H2,1-4H3/b24-18-. The van der Waals surface area contributed by atoms with Crippen molar-refractivity contribution >= 4 is 17.9 Å². The van der Waals surface area contributed by atoms with Crippen molar-refractivity contribution in [2.45, 2.75) is 58.3 Å². The maximum atomic E-state index is 12.5. The van der Waals surface area contributed by atoms with Gasteiger partial charge in [0.2, 0.25) is 5.90 Å². The molecule has 194 valence electrons. The summed E-state index contributed by atoms with van der Waals surface area (Å²) in [6.07, 6.45) is 11.7. The first-order valence-electron chi connectivity index (χ1n) is 12.7. The zero-order valence-electron chi connectivity index (χ0n) is 21.8. The molecule has 2 aromatic carbocycles. The Morgan fingerprint density at radius 3 is 2.06 bits per heavy atom. The molecule has 0 atom stereocenters. The normalized spacial score (nSPS) is 13.9. The van der Waals surface area contributed by atoms with Crippen molar-refractivity contribution in [3.05, 3.63) is 53.2 Å². The lowest BCUT2D eigenvalue weighted by Gasteiger charge is -2.12. The largest absolute Gasteiger partial charge is 0.496 e. The van der Waals surface area contributed by atoms with Crippen molar-refractivity contribution in [3.8, 4) is 23.0 Å². The van der Waals surface area contributed by atoms with E-state index in [4.69, 9.17) is 23.7 Å². The Hall–Kier alpha value is -3.48. The van der Waals surface area contributed by atoms with Gasteiger partial charge in [-0.3, -0.25) is 0 Å². The Morgan fingerprint density at radius 1 is 0.806 bits per heavy atom. The van der Waals surface area contributed by atoms with Gasteiger partial charge in [0.15, 0.2) is 17.2 Å². The summed E-state index contributed by atoms with van der Waals surface area (Å²) >= 11 is 0.